The second kappa shape index (κ2) is 9.51. The first-order valence-corrected chi connectivity index (χ1v) is 8.36. The highest BCUT2D eigenvalue weighted by Crippen LogP contribution is 2.31. The lowest BCUT2D eigenvalue weighted by Gasteiger charge is -2.09. The third-order valence-corrected chi connectivity index (χ3v) is 3.70. The molecule has 0 radical (unpaired) electrons. The van der Waals surface area contributed by atoms with Gasteiger partial charge < -0.3 is 9.84 Å². The van der Waals surface area contributed by atoms with E-state index in [-0.39, 0.29) is 18.2 Å². The number of benzene rings is 3. The smallest absolute Gasteiger partial charge is 0.416 e. The average molecular weight is 432 g/mol. The number of halogens is 7. The highest BCUT2D eigenvalue weighted by Gasteiger charge is 2.30. The summed E-state index contributed by atoms with van der Waals surface area (Å²) in [5.74, 6) is -0.186. The summed E-state index contributed by atoms with van der Waals surface area (Å²) in [6.45, 7) is 0.172. The largest absolute Gasteiger partial charge is 0.508 e. The molecule has 3 aromatic rings. The summed E-state index contributed by atoms with van der Waals surface area (Å²) in [5.41, 5.74) is -0.738. The lowest BCUT2D eigenvalue weighted by atomic mass is 10.2. The molecular formula is C21H15F7O2. The quantitative estimate of drug-likeness (QED) is 0.460. The van der Waals surface area contributed by atoms with Gasteiger partial charge in [-0.2, -0.15) is 26.3 Å². The fourth-order valence-electron chi connectivity index (χ4n) is 2.14. The van der Waals surface area contributed by atoms with E-state index in [1.807, 2.05) is 0 Å². The fourth-order valence-corrected chi connectivity index (χ4v) is 2.14. The lowest BCUT2D eigenvalue weighted by molar-refractivity contribution is -0.138. The summed E-state index contributed by atoms with van der Waals surface area (Å²) in [7, 11) is 0. The molecule has 0 saturated heterocycles. The molecule has 0 amide bonds. The third kappa shape index (κ3) is 7.31. The topological polar surface area (TPSA) is 29.5 Å². The molecule has 3 rings (SSSR count). The molecule has 0 bridgehead atoms. The predicted molar refractivity (Wildman–Crippen MR) is 95.3 cm³/mol. The number of hydrogen-bond acceptors (Lipinski definition) is 2. The van der Waals surface area contributed by atoms with Crippen LogP contribution in [-0.4, -0.2) is 5.11 Å². The fraction of sp³-hybridized carbons (Fsp3) is 0.143. The Balaban J connectivity index is 0.000000248. The lowest BCUT2D eigenvalue weighted by Crippen LogP contribution is -2.04. The van der Waals surface area contributed by atoms with Crippen LogP contribution >= 0.6 is 0 Å². The minimum atomic E-state index is -4.35. The zero-order chi connectivity index (χ0) is 22.4. The summed E-state index contributed by atoms with van der Waals surface area (Å²) in [5, 5.41) is 8.66. The molecule has 0 aliphatic carbocycles. The van der Waals surface area contributed by atoms with Gasteiger partial charge in [-0.25, -0.2) is 4.39 Å². The normalized spacial score (nSPS) is 11.4. The van der Waals surface area contributed by atoms with Crippen LogP contribution in [0.4, 0.5) is 30.7 Å². The van der Waals surface area contributed by atoms with E-state index in [1.165, 1.54) is 24.3 Å². The highest BCUT2D eigenvalue weighted by atomic mass is 19.4. The Morgan fingerprint density at radius 2 is 1.07 bits per heavy atom. The first kappa shape index (κ1) is 23.1. The van der Waals surface area contributed by atoms with Gasteiger partial charge >= 0.3 is 12.4 Å². The monoisotopic (exact) mass is 432 g/mol. The zero-order valence-corrected chi connectivity index (χ0v) is 15.1. The van der Waals surface area contributed by atoms with Crippen LogP contribution in [-0.2, 0) is 19.0 Å². The van der Waals surface area contributed by atoms with Gasteiger partial charge in [0.25, 0.3) is 0 Å². The molecule has 3 aromatic carbocycles. The summed E-state index contributed by atoms with van der Waals surface area (Å²) in [6, 6.07) is 13.8. The van der Waals surface area contributed by atoms with Crippen molar-refractivity contribution < 1.29 is 40.6 Å². The van der Waals surface area contributed by atoms with Gasteiger partial charge in [0.15, 0.2) is 0 Å². The number of hydrogen-bond donors (Lipinski definition) is 1. The van der Waals surface area contributed by atoms with Crippen LogP contribution < -0.4 is 4.74 Å². The molecule has 0 atom stereocenters. The molecule has 0 aromatic heterocycles. The van der Waals surface area contributed by atoms with Crippen molar-refractivity contribution in [2.24, 2.45) is 0 Å². The van der Waals surface area contributed by atoms with Crippen molar-refractivity contribution in [2.75, 3.05) is 0 Å². The summed E-state index contributed by atoms with van der Waals surface area (Å²) >= 11 is 0. The molecule has 160 valence electrons. The molecular weight excluding hydrogens is 417 g/mol. The Morgan fingerprint density at radius 3 is 1.50 bits per heavy atom. The number of phenolic OH excluding ortho intramolecular Hbond substituents is 1. The SMILES string of the molecule is Fc1ccc(COc2ccc(C(F)(F)F)cc2)cc1.Oc1ccc(C(F)(F)F)cc1. The molecule has 0 fully saturated rings. The predicted octanol–water partition coefficient (Wildman–Crippen LogP) is 6.83. The molecule has 0 spiro atoms. The molecule has 9 heteroatoms. The van der Waals surface area contributed by atoms with Gasteiger partial charge in [-0.15, -0.1) is 0 Å². The van der Waals surface area contributed by atoms with E-state index < -0.39 is 23.5 Å². The Kier molecular flexibility index (Phi) is 7.31. The number of rotatable bonds is 3. The van der Waals surface area contributed by atoms with E-state index in [0.717, 1.165) is 42.0 Å². The summed E-state index contributed by atoms with van der Waals surface area (Å²) in [6.07, 6.45) is -8.68. The van der Waals surface area contributed by atoms with E-state index in [1.54, 1.807) is 12.1 Å². The molecule has 0 aliphatic rings. The number of alkyl halides is 6. The van der Waals surface area contributed by atoms with Gasteiger partial charge in [-0.1, -0.05) is 12.1 Å². The average Bonchev–Trinajstić information content (AvgIpc) is 2.67. The van der Waals surface area contributed by atoms with Crippen LogP contribution in [0.2, 0.25) is 0 Å². The van der Waals surface area contributed by atoms with Crippen molar-refractivity contribution >= 4 is 0 Å². The number of phenols is 1. The van der Waals surface area contributed by atoms with Crippen LogP contribution in [0.1, 0.15) is 16.7 Å². The first-order valence-electron chi connectivity index (χ1n) is 8.36. The summed E-state index contributed by atoms with van der Waals surface area (Å²) < 4.78 is 90.5. The van der Waals surface area contributed by atoms with E-state index in [0.29, 0.717) is 5.75 Å². The highest BCUT2D eigenvalue weighted by molar-refractivity contribution is 5.29. The Labute approximate surface area is 167 Å². The van der Waals surface area contributed by atoms with E-state index >= 15 is 0 Å². The van der Waals surface area contributed by atoms with Gasteiger partial charge in [0.05, 0.1) is 11.1 Å². The molecule has 30 heavy (non-hydrogen) atoms. The molecule has 0 heterocycles. The van der Waals surface area contributed by atoms with E-state index in [4.69, 9.17) is 9.84 Å². The molecule has 2 nitrogen and oxygen atoms in total. The van der Waals surface area contributed by atoms with Gasteiger partial charge in [0, 0.05) is 0 Å². The Bertz CT molecular complexity index is 914. The van der Waals surface area contributed by atoms with Crippen molar-refractivity contribution in [3.05, 3.63) is 95.3 Å². The number of aromatic hydroxyl groups is 1. The first-order chi connectivity index (χ1) is 13.9. The maximum atomic E-state index is 12.7. The van der Waals surface area contributed by atoms with Crippen molar-refractivity contribution in [1.82, 2.24) is 0 Å². The molecule has 0 unspecified atom stereocenters. The Morgan fingerprint density at radius 1 is 0.633 bits per heavy atom. The standard InChI is InChI=1S/C14H10F4O.C7H5F3O/c15-12-5-1-10(2-6-12)9-19-13-7-3-11(4-8-13)14(16,17)18;8-7(9,10)5-1-3-6(11)4-2-5/h1-8H,9H2;1-4,11H. The zero-order valence-electron chi connectivity index (χ0n) is 15.1. The van der Waals surface area contributed by atoms with Crippen LogP contribution in [0.15, 0.2) is 72.8 Å². The Hall–Kier alpha value is -3.23. The minimum absolute atomic E-state index is 0.169. The van der Waals surface area contributed by atoms with Gasteiger partial charge in [-0.3, -0.25) is 0 Å². The van der Waals surface area contributed by atoms with Crippen LogP contribution in [0.5, 0.6) is 11.5 Å². The second-order valence-electron chi connectivity index (χ2n) is 5.98. The molecule has 0 saturated carbocycles. The van der Waals surface area contributed by atoms with Crippen molar-refractivity contribution in [2.45, 2.75) is 19.0 Å². The second-order valence-corrected chi connectivity index (χ2v) is 5.98. The molecule has 0 aliphatic heterocycles. The maximum absolute atomic E-state index is 12.7. The molecule has 1 N–H and O–H groups in total. The van der Waals surface area contributed by atoms with E-state index in [9.17, 15) is 30.7 Å². The number of ether oxygens (including phenoxy) is 1. The third-order valence-electron chi connectivity index (χ3n) is 3.70. The van der Waals surface area contributed by atoms with E-state index in [2.05, 4.69) is 0 Å². The van der Waals surface area contributed by atoms with Crippen molar-refractivity contribution in [1.29, 1.82) is 0 Å². The van der Waals surface area contributed by atoms with Crippen molar-refractivity contribution in [3.63, 3.8) is 0 Å². The minimum Gasteiger partial charge on any atom is -0.508 e. The van der Waals surface area contributed by atoms with Gasteiger partial charge in [0.1, 0.15) is 23.9 Å². The van der Waals surface area contributed by atoms with Crippen LogP contribution in [0, 0.1) is 5.82 Å². The maximum Gasteiger partial charge on any atom is 0.416 e. The van der Waals surface area contributed by atoms with Gasteiger partial charge in [-0.05, 0) is 66.2 Å². The van der Waals surface area contributed by atoms with Crippen molar-refractivity contribution in [3.8, 4) is 11.5 Å². The summed E-state index contributed by atoms with van der Waals surface area (Å²) in [4.78, 5) is 0. The van der Waals surface area contributed by atoms with Gasteiger partial charge in [0.2, 0.25) is 0 Å². The van der Waals surface area contributed by atoms with Crippen LogP contribution in [0.25, 0.3) is 0 Å². The van der Waals surface area contributed by atoms with Crippen LogP contribution in [0.3, 0.4) is 0 Å².